The molecule has 1 aromatic carbocycles. The highest BCUT2D eigenvalue weighted by molar-refractivity contribution is 7.80. The van der Waals surface area contributed by atoms with Crippen LogP contribution in [0.3, 0.4) is 0 Å². The third-order valence-corrected chi connectivity index (χ3v) is 4.50. The molecule has 21 heavy (non-hydrogen) atoms. The van der Waals surface area contributed by atoms with Crippen molar-refractivity contribution in [2.24, 2.45) is 0 Å². The van der Waals surface area contributed by atoms with Crippen LogP contribution < -0.4 is 5.32 Å². The molecule has 2 heterocycles. The maximum atomic E-state index is 12.1. The van der Waals surface area contributed by atoms with E-state index in [2.05, 4.69) is 23.0 Å². The highest BCUT2D eigenvalue weighted by Crippen LogP contribution is 2.30. The highest BCUT2D eigenvalue weighted by Gasteiger charge is 2.16. The molecule has 3 aromatic rings. The van der Waals surface area contributed by atoms with Crippen LogP contribution in [-0.2, 0) is 0 Å². The molecule has 0 aliphatic rings. The van der Waals surface area contributed by atoms with Crippen LogP contribution in [0.25, 0.3) is 15.9 Å². The molecule has 3 rings (SSSR count). The predicted octanol–water partition coefficient (Wildman–Crippen LogP) is 3.06. The number of nitrogens with one attached hydrogen (secondary N) is 1. The first-order chi connectivity index (χ1) is 10.2. The Hall–Kier alpha value is -1.79. The average molecular weight is 317 g/mol. The SMILES string of the molecule is Cc1nn(-c2ccccc2)c2sc(C(=O)NCCS)cc12. The Labute approximate surface area is 132 Å². The number of hydrogen-bond acceptors (Lipinski definition) is 4. The van der Waals surface area contributed by atoms with Gasteiger partial charge in [-0.05, 0) is 25.1 Å². The fourth-order valence-corrected chi connectivity index (χ4v) is 3.37. The molecule has 2 aromatic heterocycles. The Morgan fingerprint density at radius 2 is 2.14 bits per heavy atom. The van der Waals surface area contributed by atoms with Crippen LogP contribution in [0.2, 0.25) is 0 Å². The summed E-state index contributed by atoms with van der Waals surface area (Å²) < 4.78 is 1.89. The number of aryl methyl sites for hydroxylation is 1. The Morgan fingerprint density at radius 1 is 1.38 bits per heavy atom. The molecular formula is C15H15N3OS2. The van der Waals surface area contributed by atoms with Crippen molar-refractivity contribution in [3.8, 4) is 5.69 Å². The van der Waals surface area contributed by atoms with Gasteiger partial charge in [-0.2, -0.15) is 17.7 Å². The van der Waals surface area contributed by atoms with Gasteiger partial charge in [-0.25, -0.2) is 4.68 Å². The minimum Gasteiger partial charge on any atom is -0.351 e. The molecule has 6 heteroatoms. The highest BCUT2D eigenvalue weighted by atomic mass is 32.1. The summed E-state index contributed by atoms with van der Waals surface area (Å²) in [6.07, 6.45) is 0. The van der Waals surface area contributed by atoms with Gasteiger partial charge in [0, 0.05) is 17.7 Å². The minimum absolute atomic E-state index is 0.0516. The van der Waals surface area contributed by atoms with Crippen LogP contribution in [0.15, 0.2) is 36.4 Å². The van der Waals surface area contributed by atoms with Crippen LogP contribution in [0.4, 0.5) is 0 Å². The molecule has 0 fully saturated rings. The lowest BCUT2D eigenvalue weighted by atomic mass is 10.3. The largest absolute Gasteiger partial charge is 0.351 e. The summed E-state index contributed by atoms with van der Waals surface area (Å²) in [4.78, 5) is 13.8. The van der Waals surface area contributed by atoms with Crippen molar-refractivity contribution in [2.75, 3.05) is 12.3 Å². The lowest BCUT2D eigenvalue weighted by molar-refractivity contribution is 0.0960. The van der Waals surface area contributed by atoms with Gasteiger partial charge in [0.05, 0.1) is 16.3 Å². The van der Waals surface area contributed by atoms with Crippen molar-refractivity contribution >= 4 is 40.1 Å². The van der Waals surface area contributed by atoms with E-state index in [4.69, 9.17) is 0 Å². The summed E-state index contributed by atoms with van der Waals surface area (Å²) in [6, 6.07) is 11.9. The van der Waals surface area contributed by atoms with Crippen molar-refractivity contribution in [1.82, 2.24) is 15.1 Å². The van der Waals surface area contributed by atoms with Crippen molar-refractivity contribution in [3.05, 3.63) is 47.0 Å². The number of thiophene rings is 1. The Bertz CT molecular complexity index is 777. The molecule has 0 atom stereocenters. The molecule has 0 saturated carbocycles. The number of benzene rings is 1. The lowest BCUT2D eigenvalue weighted by Crippen LogP contribution is -2.24. The van der Waals surface area contributed by atoms with Crippen LogP contribution in [-0.4, -0.2) is 28.0 Å². The second-order valence-corrected chi connectivity index (χ2v) is 6.12. The third kappa shape index (κ3) is 2.69. The first-order valence-corrected chi connectivity index (χ1v) is 8.09. The van der Waals surface area contributed by atoms with E-state index in [1.807, 2.05) is 48.0 Å². The van der Waals surface area contributed by atoms with E-state index in [0.717, 1.165) is 21.6 Å². The van der Waals surface area contributed by atoms with Crippen molar-refractivity contribution in [1.29, 1.82) is 0 Å². The number of amides is 1. The first-order valence-electron chi connectivity index (χ1n) is 6.64. The van der Waals surface area contributed by atoms with Crippen LogP contribution in [0, 0.1) is 6.92 Å². The predicted molar refractivity (Wildman–Crippen MR) is 89.9 cm³/mol. The van der Waals surface area contributed by atoms with Gasteiger partial charge in [-0.1, -0.05) is 18.2 Å². The minimum atomic E-state index is -0.0516. The van der Waals surface area contributed by atoms with Crippen LogP contribution in [0.1, 0.15) is 15.4 Å². The molecule has 0 saturated heterocycles. The van der Waals surface area contributed by atoms with E-state index in [9.17, 15) is 4.79 Å². The van der Waals surface area contributed by atoms with Gasteiger partial charge in [-0.3, -0.25) is 4.79 Å². The number of carbonyl (C=O) groups is 1. The van der Waals surface area contributed by atoms with Gasteiger partial charge in [0.2, 0.25) is 0 Å². The Morgan fingerprint density at radius 3 is 2.86 bits per heavy atom. The van der Waals surface area contributed by atoms with E-state index < -0.39 is 0 Å². The van der Waals surface area contributed by atoms with E-state index >= 15 is 0 Å². The van der Waals surface area contributed by atoms with Gasteiger partial charge in [-0.15, -0.1) is 11.3 Å². The van der Waals surface area contributed by atoms with Crippen molar-refractivity contribution < 1.29 is 4.79 Å². The summed E-state index contributed by atoms with van der Waals surface area (Å²) >= 11 is 5.56. The molecule has 1 amide bonds. The molecule has 0 unspecified atom stereocenters. The number of para-hydroxylation sites is 1. The van der Waals surface area contributed by atoms with E-state index in [0.29, 0.717) is 17.2 Å². The molecule has 0 radical (unpaired) electrons. The number of rotatable bonds is 4. The van der Waals surface area contributed by atoms with E-state index in [1.54, 1.807) is 0 Å². The van der Waals surface area contributed by atoms with Gasteiger partial charge in [0.25, 0.3) is 5.91 Å². The van der Waals surface area contributed by atoms with Gasteiger partial charge in [0.1, 0.15) is 4.83 Å². The average Bonchev–Trinajstić information content (AvgIpc) is 3.07. The number of fused-ring (bicyclic) bond motifs is 1. The third-order valence-electron chi connectivity index (χ3n) is 3.17. The summed E-state index contributed by atoms with van der Waals surface area (Å²) in [6.45, 7) is 2.53. The normalized spacial score (nSPS) is 11.0. The summed E-state index contributed by atoms with van der Waals surface area (Å²) in [5, 5.41) is 8.44. The Balaban J connectivity index is 2.04. The number of thiol groups is 1. The summed E-state index contributed by atoms with van der Waals surface area (Å²) in [7, 11) is 0. The molecule has 0 aliphatic heterocycles. The second-order valence-electron chi connectivity index (χ2n) is 4.64. The quantitative estimate of drug-likeness (QED) is 0.727. The second kappa shape index (κ2) is 5.91. The molecule has 4 nitrogen and oxygen atoms in total. The monoisotopic (exact) mass is 317 g/mol. The zero-order valence-corrected chi connectivity index (χ0v) is 13.2. The number of aromatic nitrogens is 2. The van der Waals surface area contributed by atoms with Crippen molar-refractivity contribution in [2.45, 2.75) is 6.92 Å². The van der Waals surface area contributed by atoms with Gasteiger partial charge >= 0.3 is 0 Å². The Kier molecular flexibility index (Phi) is 3.98. The number of hydrogen-bond donors (Lipinski definition) is 2. The molecule has 0 aliphatic carbocycles. The lowest BCUT2D eigenvalue weighted by Gasteiger charge is -2.01. The maximum absolute atomic E-state index is 12.1. The summed E-state index contributed by atoms with van der Waals surface area (Å²) in [5.41, 5.74) is 1.93. The van der Waals surface area contributed by atoms with Crippen LogP contribution in [0.5, 0.6) is 0 Å². The standard InChI is InChI=1S/C15H15N3OS2/c1-10-12-9-13(14(19)16-7-8-20)21-15(12)18(17-10)11-5-3-2-4-6-11/h2-6,9,20H,7-8H2,1H3,(H,16,19). The van der Waals surface area contributed by atoms with Gasteiger partial charge < -0.3 is 5.32 Å². The first kappa shape index (κ1) is 14.2. The smallest absolute Gasteiger partial charge is 0.261 e. The van der Waals surface area contributed by atoms with E-state index in [1.165, 1.54) is 11.3 Å². The van der Waals surface area contributed by atoms with Gasteiger partial charge in [0.15, 0.2) is 0 Å². The fourth-order valence-electron chi connectivity index (χ4n) is 2.16. The number of nitrogens with zero attached hydrogens (tertiary/aromatic N) is 2. The van der Waals surface area contributed by atoms with Crippen LogP contribution >= 0.6 is 24.0 Å². The summed E-state index contributed by atoms with van der Waals surface area (Å²) in [5.74, 6) is 0.581. The fraction of sp³-hybridized carbons (Fsp3) is 0.200. The molecule has 108 valence electrons. The maximum Gasteiger partial charge on any atom is 0.261 e. The molecular weight excluding hydrogens is 302 g/mol. The molecule has 1 N–H and O–H groups in total. The molecule has 0 spiro atoms. The van der Waals surface area contributed by atoms with Crippen molar-refractivity contribution in [3.63, 3.8) is 0 Å². The topological polar surface area (TPSA) is 46.9 Å². The zero-order chi connectivity index (χ0) is 14.8. The van der Waals surface area contributed by atoms with E-state index in [-0.39, 0.29) is 5.91 Å². The zero-order valence-electron chi connectivity index (χ0n) is 11.5. The molecule has 0 bridgehead atoms. The number of carbonyl (C=O) groups excluding carboxylic acids is 1.